The molecule has 1 fully saturated rings. The van der Waals surface area contributed by atoms with E-state index in [1.165, 1.54) is 6.42 Å². The second kappa shape index (κ2) is 8.25. The summed E-state index contributed by atoms with van der Waals surface area (Å²) < 4.78 is 11.0. The molecule has 1 aromatic rings. The number of hydrogen-bond acceptors (Lipinski definition) is 4. The normalized spacial score (nSPS) is 21.0. The van der Waals surface area contributed by atoms with Gasteiger partial charge in [-0.3, -0.25) is 4.90 Å². The number of nitrogens with zero attached hydrogens (tertiary/aromatic N) is 1. The molecular formula is C17H28N2O2. The van der Waals surface area contributed by atoms with Crippen molar-refractivity contribution in [3.63, 3.8) is 0 Å². The fourth-order valence-corrected chi connectivity index (χ4v) is 2.68. The van der Waals surface area contributed by atoms with Crippen LogP contribution in [0.2, 0.25) is 0 Å². The molecular weight excluding hydrogens is 264 g/mol. The van der Waals surface area contributed by atoms with Crippen molar-refractivity contribution in [1.29, 1.82) is 0 Å². The Balaban J connectivity index is 1.72. The van der Waals surface area contributed by atoms with Crippen molar-refractivity contribution >= 4 is 0 Å². The summed E-state index contributed by atoms with van der Waals surface area (Å²) in [5.74, 6) is 2.50. The third-order valence-electron chi connectivity index (χ3n) is 4.36. The second-order valence-corrected chi connectivity index (χ2v) is 5.77. The Kier molecular flexibility index (Phi) is 6.33. The number of hydrogen-bond donors (Lipinski definition) is 1. The molecule has 1 heterocycles. The van der Waals surface area contributed by atoms with E-state index < -0.39 is 0 Å². The van der Waals surface area contributed by atoms with Gasteiger partial charge in [-0.15, -0.1) is 0 Å². The van der Waals surface area contributed by atoms with E-state index in [0.29, 0.717) is 6.04 Å². The van der Waals surface area contributed by atoms with E-state index >= 15 is 0 Å². The molecule has 0 bridgehead atoms. The SMILES string of the molecule is CCC(C)C1CN(CCOc2ccc(OC)cc2)CCN1. The van der Waals surface area contributed by atoms with Gasteiger partial charge in [0.05, 0.1) is 7.11 Å². The van der Waals surface area contributed by atoms with Gasteiger partial charge in [0.25, 0.3) is 0 Å². The molecule has 0 saturated carbocycles. The van der Waals surface area contributed by atoms with Crippen LogP contribution < -0.4 is 14.8 Å². The molecule has 2 rings (SSSR count). The molecule has 0 aromatic heterocycles. The molecule has 1 aliphatic rings. The lowest BCUT2D eigenvalue weighted by molar-refractivity contribution is 0.144. The first-order valence-corrected chi connectivity index (χ1v) is 7.95. The van der Waals surface area contributed by atoms with Crippen LogP contribution in [0.4, 0.5) is 0 Å². The van der Waals surface area contributed by atoms with E-state index in [4.69, 9.17) is 9.47 Å². The highest BCUT2D eigenvalue weighted by Gasteiger charge is 2.22. The highest BCUT2D eigenvalue weighted by molar-refractivity contribution is 5.31. The lowest BCUT2D eigenvalue weighted by Gasteiger charge is -2.36. The molecule has 2 atom stereocenters. The lowest BCUT2D eigenvalue weighted by Crippen LogP contribution is -2.53. The highest BCUT2D eigenvalue weighted by Crippen LogP contribution is 2.17. The molecule has 21 heavy (non-hydrogen) atoms. The van der Waals surface area contributed by atoms with Gasteiger partial charge >= 0.3 is 0 Å². The van der Waals surface area contributed by atoms with Gasteiger partial charge in [-0.05, 0) is 30.2 Å². The van der Waals surface area contributed by atoms with Gasteiger partial charge in [-0.25, -0.2) is 0 Å². The Morgan fingerprint density at radius 3 is 2.67 bits per heavy atom. The van der Waals surface area contributed by atoms with Crippen LogP contribution in [0.1, 0.15) is 20.3 Å². The molecule has 0 aliphatic carbocycles. The van der Waals surface area contributed by atoms with Crippen molar-refractivity contribution in [3.8, 4) is 11.5 Å². The van der Waals surface area contributed by atoms with E-state index in [1.807, 2.05) is 24.3 Å². The Bertz CT molecular complexity index is 408. The Hall–Kier alpha value is -1.26. The molecule has 2 unspecified atom stereocenters. The van der Waals surface area contributed by atoms with Gasteiger partial charge < -0.3 is 14.8 Å². The first-order chi connectivity index (χ1) is 10.2. The quantitative estimate of drug-likeness (QED) is 0.837. The van der Waals surface area contributed by atoms with Gasteiger partial charge in [0, 0.05) is 32.2 Å². The molecule has 1 aliphatic heterocycles. The monoisotopic (exact) mass is 292 g/mol. The Labute approximate surface area is 128 Å². The molecule has 1 aromatic carbocycles. The third kappa shape index (κ3) is 4.90. The summed E-state index contributed by atoms with van der Waals surface area (Å²) in [6.45, 7) is 9.63. The first-order valence-electron chi connectivity index (χ1n) is 7.95. The standard InChI is InChI=1S/C17H28N2O2/c1-4-14(2)17-13-19(10-9-18-17)11-12-21-16-7-5-15(20-3)6-8-16/h5-8,14,17-18H,4,9-13H2,1-3H3. The molecule has 1 N–H and O–H groups in total. The maximum atomic E-state index is 5.81. The zero-order valence-electron chi connectivity index (χ0n) is 13.5. The van der Waals surface area contributed by atoms with Crippen LogP contribution >= 0.6 is 0 Å². The number of methoxy groups -OCH3 is 1. The van der Waals surface area contributed by atoms with Crippen LogP contribution in [0.5, 0.6) is 11.5 Å². The zero-order chi connectivity index (χ0) is 15.1. The Morgan fingerprint density at radius 1 is 1.29 bits per heavy atom. The van der Waals surface area contributed by atoms with Crippen LogP contribution in [0, 0.1) is 5.92 Å². The fourth-order valence-electron chi connectivity index (χ4n) is 2.68. The van der Waals surface area contributed by atoms with Gasteiger partial charge in [0.15, 0.2) is 0 Å². The summed E-state index contributed by atoms with van der Waals surface area (Å²) in [5, 5.41) is 3.62. The van der Waals surface area contributed by atoms with Crippen molar-refractivity contribution in [2.75, 3.05) is 39.9 Å². The molecule has 118 valence electrons. The minimum atomic E-state index is 0.615. The number of benzene rings is 1. The van der Waals surface area contributed by atoms with Crippen LogP contribution in [-0.2, 0) is 0 Å². The van der Waals surface area contributed by atoms with Gasteiger partial charge in [0.2, 0.25) is 0 Å². The summed E-state index contributed by atoms with van der Waals surface area (Å²) in [7, 11) is 1.67. The number of rotatable bonds is 7. The molecule has 1 saturated heterocycles. The van der Waals surface area contributed by atoms with Crippen molar-refractivity contribution < 1.29 is 9.47 Å². The summed E-state index contributed by atoms with van der Waals surface area (Å²) >= 11 is 0. The van der Waals surface area contributed by atoms with E-state index in [2.05, 4.69) is 24.1 Å². The van der Waals surface area contributed by atoms with E-state index in [1.54, 1.807) is 7.11 Å². The number of ether oxygens (including phenoxy) is 2. The lowest BCUT2D eigenvalue weighted by atomic mass is 9.97. The predicted octanol–water partition coefficient (Wildman–Crippen LogP) is 2.39. The average molecular weight is 292 g/mol. The summed E-state index contributed by atoms with van der Waals surface area (Å²) in [5.41, 5.74) is 0. The average Bonchev–Trinajstić information content (AvgIpc) is 2.55. The fraction of sp³-hybridized carbons (Fsp3) is 0.647. The van der Waals surface area contributed by atoms with Crippen molar-refractivity contribution in [2.24, 2.45) is 5.92 Å². The molecule has 0 radical (unpaired) electrons. The largest absolute Gasteiger partial charge is 0.497 e. The minimum absolute atomic E-state index is 0.615. The van der Waals surface area contributed by atoms with E-state index in [0.717, 1.165) is 50.2 Å². The van der Waals surface area contributed by atoms with Crippen molar-refractivity contribution in [3.05, 3.63) is 24.3 Å². The Morgan fingerprint density at radius 2 is 2.00 bits per heavy atom. The van der Waals surface area contributed by atoms with Crippen molar-refractivity contribution in [1.82, 2.24) is 10.2 Å². The molecule has 0 amide bonds. The molecule has 0 spiro atoms. The highest BCUT2D eigenvalue weighted by atomic mass is 16.5. The van der Waals surface area contributed by atoms with Gasteiger partial charge in [-0.2, -0.15) is 0 Å². The van der Waals surface area contributed by atoms with E-state index in [-0.39, 0.29) is 0 Å². The predicted molar refractivity (Wildman–Crippen MR) is 86.2 cm³/mol. The minimum Gasteiger partial charge on any atom is -0.497 e. The van der Waals surface area contributed by atoms with Crippen LogP contribution in [0.15, 0.2) is 24.3 Å². The smallest absolute Gasteiger partial charge is 0.119 e. The maximum Gasteiger partial charge on any atom is 0.119 e. The van der Waals surface area contributed by atoms with Gasteiger partial charge in [-0.1, -0.05) is 20.3 Å². The summed E-state index contributed by atoms with van der Waals surface area (Å²) in [6.07, 6.45) is 1.23. The van der Waals surface area contributed by atoms with Gasteiger partial charge in [0.1, 0.15) is 18.1 Å². The van der Waals surface area contributed by atoms with Crippen LogP contribution in [-0.4, -0.2) is 50.8 Å². The third-order valence-corrected chi connectivity index (χ3v) is 4.36. The second-order valence-electron chi connectivity index (χ2n) is 5.77. The maximum absolute atomic E-state index is 5.81. The van der Waals surface area contributed by atoms with Crippen LogP contribution in [0.3, 0.4) is 0 Å². The number of nitrogens with one attached hydrogen (secondary N) is 1. The first kappa shape index (κ1) is 16.1. The summed E-state index contributed by atoms with van der Waals surface area (Å²) in [6, 6.07) is 8.39. The van der Waals surface area contributed by atoms with E-state index in [9.17, 15) is 0 Å². The van der Waals surface area contributed by atoms with Crippen molar-refractivity contribution in [2.45, 2.75) is 26.3 Å². The topological polar surface area (TPSA) is 33.7 Å². The summed E-state index contributed by atoms with van der Waals surface area (Å²) in [4.78, 5) is 2.50. The van der Waals surface area contributed by atoms with Crippen LogP contribution in [0.25, 0.3) is 0 Å². The molecule has 4 nitrogen and oxygen atoms in total. The number of piperazine rings is 1. The zero-order valence-corrected chi connectivity index (χ0v) is 13.5. The molecule has 4 heteroatoms.